The number of hydrogen-bond acceptors (Lipinski definition) is 3. The van der Waals surface area contributed by atoms with Crippen LogP contribution in [0.4, 0.5) is 0 Å². The van der Waals surface area contributed by atoms with Crippen molar-refractivity contribution >= 4 is 5.91 Å². The van der Waals surface area contributed by atoms with E-state index in [2.05, 4.69) is 0 Å². The molecule has 0 aromatic carbocycles. The quantitative estimate of drug-likeness (QED) is 0.492. The molecule has 1 aliphatic rings. The summed E-state index contributed by atoms with van der Waals surface area (Å²) in [6.45, 7) is 2.97. The standard InChI is InChI=1S/C9H14N2O3/c1-8(12)10-5-2-9(3-6-10)4-7-11(13)14/h4,7,9H,2-3,5-6H2,1H3/b7-4+. The van der Waals surface area contributed by atoms with E-state index < -0.39 is 4.92 Å². The summed E-state index contributed by atoms with van der Waals surface area (Å²) in [5, 5.41) is 10.1. The van der Waals surface area contributed by atoms with Gasteiger partial charge < -0.3 is 4.90 Å². The minimum atomic E-state index is -0.447. The van der Waals surface area contributed by atoms with E-state index in [-0.39, 0.29) is 11.8 Å². The molecule has 0 atom stereocenters. The molecule has 0 unspecified atom stereocenters. The lowest BCUT2D eigenvalue weighted by Crippen LogP contribution is -2.36. The topological polar surface area (TPSA) is 63.5 Å². The molecule has 0 aromatic heterocycles. The van der Waals surface area contributed by atoms with Crippen LogP contribution in [0.1, 0.15) is 19.8 Å². The van der Waals surface area contributed by atoms with Gasteiger partial charge in [0.25, 0.3) is 0 Å². The van der Waals surface area contributed by atoms with Crippen molar-refractivity contribution in [2.24, 2.45) is 5.92 Å². The third-order valence-electron chi connectivity index (χ3n) is 2.46. The van der Waals surface area contributed by atoms with Crippen LogP contribution in [0.3, 0.4) is 0 Å². The van der Waals surface area contributed by atoms with Crippen molar-refractivity contribution in [2.75, 3.05) is 13.1 Å². The first-order valence-electron chi connectivity index (χ1n) is 4.67. The van der Waals surface area contributed by atoms with Gasteiger partial charge in [-0.3, -0.25) is 14.9 Å². The summed E-state index contributed by atoms with van der Waals surface area (Å²) < 4.78 is 0. The van der Waals surface area contributed by atoms with Gasteiger partial charge in [-0.05, 0) is 24.8 Å². The van der Waals surface area contributed by atoms with E-state index in [1.54, 1.807) is 17.9 Å². The Balaban J connectivity index is 2.36. The van der Waals surface area contributed by atoms with E-state index in [1.165, 1.54) is 0 Å². The molecule has 1 aliphatic heterocycles. The van der Waals surface area contributed by atoms with Gasteiger partial charge in [0.1, 0.15) is 0 Å². The van der Waals surface area contributed by atoms with Gasteiger partial charge in [-0.1, -0.05) is 0 Å². The first-order chi connectivity index (χ1) is 6.59. The number of nitro groups is 1. The van der Waals surface area contributed by atoms with E-state index in [1.807, 2.05) is 0 Å². The molecule has 0 spiro atoms. The lowest BCUT2D eigenvalue weighted by molar-refractivity contribution is -0.402. The van der Waals surface area contributed by atoms with Gasteiger partial charge in [-0.25, -0.2) is 0 Å². The predicted molar refractivity (Wildman–Crippen MR) is 51.1 cm³/mol. The molecular weight excluding hydrogens is 184 g/mol. The number of likely N-dealkylation sites (tertiary alicyclic amines) is 1. The summed E-state index contributed by atoms with van der Waals surface area (Å²) in [5.41, 5.74) is 0. The van der Waals surface area contributed by atoms with Crippen molar-refractivity contribution in [3.05, 3.63) is 22.4 Å². The normalized spacial score (nSPS) is 18.8. The van der Waals surface area contributed by atoms with Crippen LogP contribution >= 0.6 is 0 Å². The van der Waals surface area contributed by atoms with Gasteiger partial charge in [0.05, 0.1) is 4.92 Å². The summed E-state index contributed by atoms with van der Waals surface area (Å²) in [6, 6.07) is 0. The maximum Gasteiger partial charge on any atom is 0.230 e. The Bertz CT molecular complexity index is 255. The fraction of sp³-hybridized carbons (Fsp3) is 0.667. The second kappa shape index (κ2) is 4.74. The average Bonchev–Trinajstić information content (AvgIpc) is 2.15. The number of carbonyl (C=O) groups is 1. The van der Waals surface area contributed by atoms with Crippen LogP contribution in [-0.4, -0.2) is 28.8 Å². The molecule has 1 rings (SSSR count). The second-order valence-electron chi connectivity index (χ2n) is 3.47. The van der Waals surface area contributed by atoms with E-state index in [0.29, 0.717) is 13.1 Å². The van der Waals surface area contributed by atoms with E-state index in [9.17, 15) is 14.9 Å². The van der Waals surface area contributed by atoms with E-state index >= 15 is 0 Å². The number of rotatable bonds is 2. The van der Waals surface area contributed by atoms with Gasteiger partial charge in [-0.15, -0.1) is 0 Å². The summed E-state index contributed by atoms with van der Waals surface area (Å²) in [7, 11) is 0. The van der Waals surface area contributed by atoms with Gasteiger partial charge in [0.2, 0.25) is 12.1 Å². The maximum atomic E-state index is 11.0. The third kappa shape index (κ3) is 3.16. The molecule has 78 valence electrons. The number of hydrogen-bond donors (Lipinski definition) is 0. The fourth-order valence-electron chi connectivity index (χ4n) is 1.60. The summed E-state index contributed by atoms with van der Waals surface area (Å²) in [5.74, 6) is 0.331. The zero-order chi connectivity index (χ0) is 10.6. The Morgan fingerprint density at radius 3 is 2.50 bits per heavy atom. The fourth-order valence-corrected chi connectivity index (χ4v) is 1.60. The zero-order valence-corrected chi connectivity index (χ0v) is 8.18. The lowest BCUT2D eigenvalue weighted by Gasteiger charge is -2.29. The van der Waals surface area contributed by atoms with Crippen molar-refractivity contribution < 1.29 is 9.72 Å². The molecular formula is C9H14N2O3. The van der Waals surface area contributed by atoms with Crippen LogP contribution in [0, 0.1) is 16.0 Å². The first-order valence-corrected chi connectivity index (χ1v) is 4.67. The molecule has 1 heterocycles. The molecule has 0 bridgehead atoms. The number of piperidine rings is 1. The molecule has 1 amide bonds. The highest BCUT2D eigenvalue weighted by molar-refractivity contribution is 5.73. The highest BCUT2D eigenvalue weighted by Gasteiger charge is 2.19. The number of allylic oxidation sites excluding steroid dienone is 1. The van der Waals surface area contributed by atoms with E-state index in [0.717, 1.165) is 19.0 Å². The Kier molecular flexibility index (Phi) is 3.62. The summed E-state index contributed by atoms with van der Waals surface area (Å²) >= 11 is 0. The molecule has 1 fully saturated rings. The first kappa shape index (κ1) is 10.7. The average molecular weight is 198 g/mol. The van der Waals surface area contributed by atoms with Crippen molar-refractivity contribution in [1.82, 2.24) is 4.90 Å². The monoisotopic (exact) mass is 198 g/mol. The SMILES string of the molecule is CC(=O)N1CCC(/C=C/[N+](=O)[O-])CC1. The van der Waals surface area contributed by atoms with Crippen LogP contribution in [0.5, 0.6) is 0 Å². The third-order valence-corrected chi connectivity index (χ3v) is 2.46. The minimum Gasteiger partial charge on any atom is -0.343 e. The molecule has 0 saturated carbocycles. The lowest BCUT2D eigenvalue weighted by atomic mass is 9.97. The van der Waals surface area contributed by atoms with Gasteiger partial charge in [0, 0.05) is 20.0 Å². The Morgan fingerprint density at radius 2 is 2.07 bits per heavy atom. The Hall–Kier alpha value is -1.39. The van der Waals surface area contributed by atoms with Gasteiger partial charge in [0.15, 0.2) is 0 Å². The van der Waals surface area contributed by atoms with Crippen LogP contribution in [-0.2, 0) is 4.79 Å². The highest BCUT2D eigenvalue weighted by Crippen LogP contribution is 2.18. The second-order valence-corrected chi connectivity index (χ2v) is 3.47. The molecule has 1 saturated heterocycles. The zero-order valence-electron chi connectivity index (χ0n) is 8.18. The molecule has 0 N–H and O–H groups in total. The Labute approximate surface area is 82.5 Å². The largest absolute Gasteiger partial charge is 0.343 e. The van der Waals surface area contributed by atoms with Crippen molar-refractivity contribution in [3.8, 4) is 0 Å². The summed E-state index contributed by atoms with van der Waals surface area (Å²) in [4.78, 5) is 22.4. The van der Waals surface area contributed by atoms with Crippen molar-refractivity contribution in [3.63, 3.8) is 0 Å². The molecule has 14 heavy (non-hydrogen) atoms. The molecule has 0 radical (unpaired) electrons. The molecule has 0 aliphatic carbocycles. The number of carbonyl (C=O) groups excluding carboxylic acids is 1. The predicted octanol–water partition coefficient (Wildman–Crippen LogP) is 1.04. The van der Waals surface area contributed by atoms with Crippen LogP contribution in [0.15, 0.2) is 12.3 Å². The molecule has 5 nitrogen and oxygen atoms in total. The number of amides is 1. The van der Waals surface area contributed by atoms with Gasteiger partial charge >= 0.3 is 0 Å². The summed E-state index contributed by atoms with van der Waals surface area (Å²) in [6.07, 6.45) is 4.26. The van der Waals surface area contributed by atoms with Crippen molar-refractivity contribution in [1.29, 1.82) is 0 Å². The number of nitrogens with zero attached hydrogens (tertiary/aromatic N) is 2. The Morgan fingerprint density at radius 1 is 1.50 bits per heavy atom. The van der Waals surface area contributed by atoms with Crippen molar-refractivity contribution in [2.45, 2.75) is 19.8 Å². The molecule has 0 aromatic rings. The van der Waals surface area contributed by atoms with Gasteiger partial charge in [-0.2, -0.15) is 0 Å². The molecule has 5 heteroatoms. The van der Waals surface area contributed by atoms with Crippen LogP contribution in [0.25, 0.3) is 0 Å². The van der Waals surface area contributed by atoms with Crippen LogP contribution < -0.4 is 0 Å². The maximum absolute atomic E-state index is 11.0. The van der Waals surface area contributed by atoms with E-state index in [4.69, 9.17) is 0 Å². The minimum absolute atomic E-state index is 0.0849. The van der Waals surface area contributed by atoms with Crippen LogP contribution in [0.2, 0.25) is 0 Å². The highest BCUT2D eigenvalue weighted by atomic mass is 16.6. The smallest absolute Gasteiger partial charge is 0.230 e.